The maximum absolute atomic E-state index is 3.78. The number of nitrogens with one attached hydrogen (secondary N) is 1. The maximum atomic E-state index is 3.78. The van der Waals surface area contributed by atoms with Gasteiger partial charge in [-0.05, 0) is 63.1 Å². The summed E-state index contributed by atoms with van der Waals surface area (Å²) in [6, 6.07) is 10.8. The third-order valence-electron chi connectivity index (χ3n) is 5.16. The minimum absolute atomic E-state index is 0.501. The van der Waals surface area contributed by atoms with Crippen molar-refractivity contribution in [1.82, 2.24) is 10.2 Å². The molecule has 0 radical (unpaired) electrons. The van der Waals surface area contributed by atoms with Crippen LogP contribution >= 0.6 is 0 Å². The molecular weight excluding hydrogens is 256 g/mol. The Labute approximate surface area is 129 Å². The van der Waals surface area contributed by atoms with Gasteiger partial charge in [0.05, 0.1) is 0 Å². The van der Waals surface area contributed by atoms with Crippen LogP contribution in [-0.2, 0) is 6.42 Å². The Morgan fingerprint density at radius 2 is 1.95 bits per heavy atom. The standard InChI is InChI=1S/C19H30N2/c1-4-20-19-17-8-6-5-7-16(17)11-12-18(19)21(14(2)3)13-15-9-10-15/h5-8,14-15,18-20H,4,9-13H2,1-3H3. The molecule has 1 aromatic rings. The minimum atomic E-state index is 0.501. The summed E-state index contributed by atoms with van der Waals surface area (Å²) in [5.74, 6) is 0.965. The minimum Gasteiger partial charge on any atom is -0.309 e. The number of hydrogen-bond donors (Lipinski definition) is 1. The fourth-order valence-electron chi connectivity index (χ4n) is 3.89. The van der Waals surface area contributed by atoms with E-state index in [0.717, 1.165) is 12.5 Å². The lowest BCUT2D eigenvalue weighted by atomic mass is 9.82. The smallest absolute Gasteiger partial charge is 0.0481 e. The average Bonchev–Trinajstić information content (AvgIpc) is 3.30. The predicted octanol–water partition coefficient (Wildman–Crippen LogP) is 3.77. The molecule has 2 atom stereocenters. The first-order chi connectivity index (χ1) is 10.2. The van der Waals surface area contributed by atoms with Gasteiger partial charge in [-0.2, -0.15) is 0 Å². The second-order valence-electron chi connectivity index (χ2n) is 7.07. The lowest BCUT2D eigenvalue weighted by Gasteiger charge is -2.43. The summed E-state index contributed by atoms with van der Waals surface area (Å²) in [6.07, 6.45) is 5.41. The Morgan fingerprint density at radius 1 is 1.19 bits per heavy atom. The Hall–Kier alpha value is -0.860. The Kier molecular flexibility index (Phi) is 4.66. The van der Waals surface area contributed by atoms with Crippen LogP contribution in [0, 0.1) is 5.92 Å². The van der Waals surface area contributed by atoms with Gasteiger partial charge in [0.2, 0.25) is 0 Å². The van der Waals surface area contributed by atoms with Gasteiger partial charge in [0.1, 0.15) is 0 Å². The molecular formula is C19H30N2. The molecule has 3 rings (SSSR count). The summed E-state index contributed by atoms with van der Waals surface area (Å²) in [5, 5.41) is 3.78. The zero-order chi connectivity index (χ0) is 14.8. The van der Waals surface area contributed by atoms with Crippen LogP contribution in [0.5, 0.6) is 0 Å². The van der Waals surface area contributed by atoms with Crippen molar-refractivity contribution in [3.05, 3.63) is 35.4 Å². The maximum Gasteiger partial charge on any atom is 0.0481 e. The van der Waals surface area contributed by atoms with Crippen LogP contribution in [0.4, 0.5) is 0 Å². The van der Waals surface area contributed by atoms with E-state index in [9.17, 15) is 0 Å². The van der Waals surface area contributed by atoms with Crippen LogP contribution in [0.15, 0.2) is 24.3 Å². The van der Waals surface area contributed by atoms with Crippen LogP contribution in [0.25, 0.3) is 0 Å². The molecule has 0 aromatic heterocycles. The van der Waals surface area contributed by atoms with Gasteiger partial charge in [-0.3, -0.25) is 4.90 Å². The van der Waals surface area contributed by atoms with Gasteiger partial charge < -0.3 is 5.32 Å². The fourth-order valence-corrected chi connectivity index (χ4v) is 3.89. The Morgan fingerprint density at radius 3 is 2.62 bits per heavy atom. The normalized spacial score (nSPS) is 25.4. The first kappa shape index (κ1) is 15.1. The van der Waals surface area contributed by atoms with Crippen molar-refractivity contribution in [2.75, 3.05) is 13.1 Å². The van der Waals surface area contributed by atoms with Crippen LogP contribution in [-0.4, -0.2) is 30.1 Å². The molecule has 1 aromatic carbocycles. The number of benzene rings is 1. The van der Waals surface area contributed by atoms with Crippen molar-refractivity contribution in [1.29, 1.82) is 0 Å². The fraction of sp³-hybridized carbons (Fsp3) is 0.684. The molecule has 21 heavy (non-hydrogen) atoms. The number of likely N-dealkylation sites (N-methyl/N-ethyl adjacent to an activating group) is 1. The molecule has 2 nitrogen and oxygen atoms in total. The molecule has 2 aliphatic rings. The Bertz CT molecular complexity index is 464. The van der Waals surface area contributed by atoms with E-state index in [4.69, 9.17) is 0 Å². The number of hydrogen-bond acceptors (Lipinski definition) is 2. The van der Waals surface area contributed by atoms with Crippen LogP contribution in [0.3, 0.4) is 0 Å². The lowest BCUT2D eigenvalue weighted by Crippen LogP contribution is -2.50. The van der Waals surface area contributed by atoms with E-state index < -0.39 is 0 Å². The van der Waals surface area contributed by atoms with Crippen LogP contribution in [0.2, 0.25) is 0 Å². The molecule has 0 saturated heterocycles. The first-order valence-electron chi connectivity index (χ1n) is 8.77. The van der Waals surface area contributed by atoms with Crippen molar-refractivity contribution < 1.29 is 0 Å². The van der Waals surface area contributed by atoms with E-state index in [1.165, 1.54) is 37.8 Å². The molecule has 0 heterocycles. The molecule has 0 bridgehead atoms. The summed E-state index contributed by atoms with van der Waals surface area (Å²) < 4.78 is 0. The highest BCUT2D eigenvalue weighted by atomic mass is 15.2. The van der Waals surface area contributed by atoms with Crippen LogP contribution < -0.4 is 5.32 Å². The summed E-state index contributed by atoms with van der Waals surface area (Å²) in [6.45, 7) is 9.31. The quantitative estimate of drug-likeness (QED) is 0.856. The zero-order valence-electron chi connectivity index (χ0n) is 13.8. The van der Waals surface area contributed by atoms with E-state index in [1.807, 2.05) is 0 Å². The van der Waals surface area contributed by atoms with E-state index in [-0.39, 0.29) is 0 Å². The molecule has 2 aliphatic carbocycles. The van der Waals surface area contributed by atoms with Gasteiger partial charge in [0, 0.05) is 24.7 Å². The van der Waals surface area contributed by atoms with Crippen molar-refractivity contribution in [2.45, 2.75) is 64.6 Å². The summed E-state index contributed by atoms with van der Waals surface area (Å²) in [4.78, 5) is 2.78. The second kappa shape index (κ2) is 6.50. The van der Waals surface area contributed by atoms with Gasteiger partial charge in [0.25, 0.3) is 0 Å². The number of rotatable bonds is 6. The highest BCUT2D eigenvalue weighted by molar-refractivity contribution is 5.34. The van der Waals surface area contributed by atoms with Gasteiger partial charge in [-0.25, -0.2) is 0 Å². The van der Waals surface area contributed by atoms with E-state index >= 15 is 0 Å². The van der Waals surface area contributed by atoms with E-state index in [0.29, 0.717) is 18.1 Å². The van der Waals surface area contributed by atoms with Gasteiger partial charge in [-0.1, -0.05) is 31.2 Å². The van der Waals surface area contributed by atoms with Crippen molar-refractivity contribution >= 4 is 0 Å². The molecule has 0 aliphatic heterocycles. The lowest BCUT2D eigenvalue weighted by molar-refractivity contribution is 0.101. The van der Waals surface area contributed by atoms with Crippen molar-refractivity contribution in [3.8, 4) is 0 Å². The third-order valence-corrected chi connectivity index (χ3v) is 5.16. The highest BCUT2D eigenvalue weighted by Crippen LogP contribution is 2.37. The first-order valence-corrected chi connectivity index (χ1v) is 8.77. The molecule has 116 valence electrons. The summed E-state index contributed by atoms with van der Waals surface area (Å²) in [5.41, 5.74) is 3.09. The van der Waals surface area contributed by atoms with Crippen LogP contribution in [0.1, 0.15) is 57.2 Å². The highest BCUT2D eigenvalue weighted by Gasteiger charge is 2.36. The number of fused-ring (bicyclic) bond motifs is 1. The largest absolute Gasteiger partial charge is 0.309 e. The molecule has 0 spiro atoms. The molecule has 1 N–H and O–H groups in total. The van der Waals surface area contributed by atoms with Gasteiger partial charge in [-0.15, -0.1) is 0 Å². The van der Waals surface area contributed by atoms with Gasteiger partial charge >= 0.3 is 0 Å². The van der Waals surface area contributed by atoms with Crippen molar-refractivity contribution in [3.63, 3.8) is 0 Å². The number of nitrogens with zero attached hydrogens (tertiary/aromatic N) is 1. The molecule has 0 amide bonds. The average molecular weight is 286 g/mol. The second-order valence-corrected chi connectivity index (χ2v) is 7.07. The SMILES string of the molecule is CCNC1c2ccccc2CCC1N(CC1CC1)C(C)C. The number of aryl methyl sites for hydroxylation is 1. The molecule has 1 fully saturated rings. The zero-order valence-corrected chi connectivity index (χ0v) is 13.8. The topological polar surface area (TPSA) is 15.3 Å². The summed E-state index contributed by atoms with van der Waals surface area (Å²) >= 11 is 0. The van der Waals surface area contributed by atoms with E-state index in [2.05, 4.69) is 55.3 Å². The molecule has 2 heteroatoms. The molecule has 1 saturated carbocycles. The van der Waals surface area contributed by atoms with Gasteiger partial charge in [0.15, 0.2) is 0 Å². The van der Waals surface area contributed by atoms with Crippen molar-refractivity contribution in [2.24, 2.45) is 5.92 Å². The van der Waals surface area contributed by atoms with E-state index in [1.54, 1.807) is 5.56 Å². The predicted molar refractivity (Wildman–Crippen MR) is 89.5 cm³/mol. The monoisotopic (exact) mass is 286 g/mol. The third kappa shape index (κ3) is 3.32. The molecule has 2 unspecified atom stereocenters. The Balaban J connectivity index is 1.85. The summed E-state index contributed by atoms with van der Waals surface area (Å²) in [7, 11) is 0.